The fourth-order valence-electron chi connectivity index (χ4n) is 2.29. The summed E-state index contributed by atoms with van der Waals surface area (Å²) in [4.78, 5) is 26.8. The lowest BCUT2D eigenvalue weighted by Gasteiger charge is -1.97. The SMILES string of the molecule is O=c1c2cnccc2[nH]c2c1[nH]c1ccncc12. The van der Waals surface area contributed by atoms with Crippen molar-refractivity contribution >= 4 is 32.8 Å². The average Bonchev–Trinajstić information content (AvgIpc) is 2.79. The Morgan fingerprint density at radius 2 is 1.44 bits per heavy atom. The fraction of sp³-hybridized carbons (Fsp3) is 0. The van der Waals surface area contributed by atoms with Crippen LogP contribution in [0.4, 0.5) is 0 Å². The Kier molecular flexibility index (Phi) is 1.64. The van der Waals surface area contributed by atoms with Crippen molar-refractivity contribution in [1.82, 2.24) is 19.9 Å². The molecule has 0 saturated carbocycles. The van der Waals surface area contributed by atoms with Gasteiger partial charge in [-0.15, -0.1) is 0 Å². The van der Waals surface area contributed by atoms with Crippen LogP contribution in [0.5, 0.6) is 0 Å². The highest BCUT2D eigenvalue weighted by Gasteiger charge is 2.10. The lowest BCUT2D eigenvalue weighted by molar-refractivity contribution is 1.34. The largest absolute Gasteiger partial charge is 0.352 e. The van der Waals surface area contributed by atoms with Gasteiger partial charge in [-0.2, -0.15) is 0 Å². The Bertz CT molecular complexity index is 951. The smallest absolute Gasteiger partial charge is 0.215 e. The van der Waals surface area contributed by atoms with Gasteiger partial charge in [-0.25, -0.2) is 0 Å². The summed E-state index contributed by atoms with van der Waals surface area (Å²) in [5.41, 5.74) is 3.01. The first-order valence-electron chi connectivity index (χ1n) is 5.56. The summed E-state index contributed by atoms with van der Waals surface area (Å²) in [6.07, 6.45) is 6.69. The van der Waals surface area contributed by atoms with Gasteiger partial charge in [-0.05, 0) is 12.1 Å². The second-order valence-corrected chi connectivity index (χ2v) is 4.17. The molecule has 4 heterocycles. The van der Waals surface area contributed by atoms with E-state index >= 15 is 0 Å². The van der Waals surface area contributed by atoms with E-state index in [0.29, 0.717) is 10.9 Å². The molecule has 0 amide bonds. The van der Waals surface area contributed by atoms with Gasteiger partial charge in [0.1, 0.15) is 5.52 Å². The molecular formula is C13H8N4O. The molecule has 0 aromatic carbocycles. The summed E-state index contributed by atoms with van der Waals surface area (Å²) in [6.45, 7) is 0. The zero-order valence-electron chi connectivity index (χ0n) is 9.27. The van der Waals surface area contributed by atoms with Crippen molar-refractivity contribution in [1.29, 1.82) is 0 Å². The van der Waals surface area contributed by atoms with Crippen LogP contribution in [-0.2, 0) is 0 Å². The molecule has 0 spiro atoms. The number of H-pyrrole nitrogens is 2. The second kappa shape index (κ2) is 3.16. The van der Waals surface area contributed by atoms with E-state index in [1.807, 2.05) is 6.07 Å². The predicted octanol–water partition coefficient (Wildman–Crippen LogP) is 1.95. The molecule has 0 saturated heterocycles. The number of nitrogens with one attached hydrogen (secondary N) is 2. The zero-order valence-corrected chi connectivity index (χ0v) is 9.27. The number of fused-ring (bicyclic) bond motifs is 4. The Morgan fingerprint density at radius 3 is 2.22 bits per heavy atom. The van der Waals surface area contributed by atoms with Crippen LogP contribution in [0.25, 0.3) is 32.8 Å². The quantitative estimate of drug-likeness (QED) is 0.490. The van der Waals surface area contributed by atoms with Gasteiger partial charge in [-0.1, -0.05) is 0 Å². The van der Waals surface area contributed by atoms with Crippen LogP contribution in [-0.4, -0.2) is 19.9 Å². The number of hydrogen-bond donors (Lipinski definition) is 2. The van der Waals surface area contributed by atoms with Crippen LogP contribution in [0.15, 0.2) is 41.7 Å². The molecule has 0 unspecified atom stereocenters. The first-order valence-corrected chi connectivity index (χ1v) is 5.56. The molecule has 86 valence electrons. The molecule has 0 radical (unpaired) electrons. The maximum absolute atomic E-state index is 12.3. The maximum atomic E-state index is 12.3. The van der Waals surface area contributed by atoms with E-state index in [1.54, 1.807) is 30.9 Å². The molecule has 0 aliphatic carbocycles. The Balaban J connectivity index is 2.38. The lowest BCUT2D eigenvalue weighted by atomic mass is 10.2. The van der Waals surface area contributed by atoms with Gasteiger partial charge in [0, 0.05) is 30.2 Å². The standard InChI is InChI=1S/C13H8N4O/c18-13-8-6-15-4-2-10(8)16-11-7-5-14-3-1-9(7)17-12(11)13/h1-6,17H,(H,16,18). The van der Waals surface area contributed by atoms with Gasteiger partial charge in [-0.3, -0.25) is 14.8 Å². The molecule has 0 atom stereocenters. The Hall–Kier alpha value is -2.69. The van der Waals surface area contributed by atoms with Crippen LogP contribution in [0.3, 0.4) is 0 Å². The summed E-state index contributed by atoms with van der Waals surface area (Å²) in [7, 11) is 0. The molecular weight excluding hydrogens is 228 g/mol. The van der Waals surface area contributed by atoms with Crippen molar-refractivity contribution in [3.05, 3.63) is 47.1 Å². The van der Waals surface area contributed by atoms with Gasteiger partial charge < -0.3 is 9.97 Å². The highest BCUT2D eigenvalue weighted by Crippen LogP contribution is 2.22. The minimum atomic E-state index is -0.0388. The Morgan fingerprint density at radius 1 is 0.833 bits per heavy atom. The van der Waals surface area contributed by atoms with Crippen LogP contribution >= 0.6 is 0 Å². The highest BCUT2D eigenvalue weighted by molar-refractivity contribution is 6.07. The van der Waals surface area contributed by atoms with Crippen molar-refractivity contribution in [3.8, 4) is 0 Å². The predicted molar refractivity (Wildman–Crippen MR) is 69.5 cm³/mol. The monoisotopic (exact) mass is 236 g/mol. The summed E-state index contributed by atoms with van der Waals surface area (Å²) < 4.78 is 0. The molecule has 0 bridgehead atoms. The van der Waals surface area contributed by atoms with Crippen LogP contribution in [0.1, 0.15) is 0 Å². The van der Waals surface area contributed by atoms with Gasteiger partial charge in [0.05, 0.1) is 21.9 Å². The maximum Gasteiger partial charge on any atom is 0.215 e. The number of aromatic amines is 2. The second-order valence-electron chi connectivity index (χ2n) is 4.17. The summed E-state index contributed by atoms with van der Waals surface area (Å²) in [6, 6.07) is 3.65. The zero-order chi connectivity index (χ0) is 12.1. The van der Waals surface area contributed by atoms with Crippen LogP contribution in [0, 0.1) is 0 Å². The third kappa shape index (κ3) is 1.08. The number of hydrogen-bond acceptors (Lipinski definition) is 3. The molecule has 18 heavy (non-hydrogen) atoms. The van der Waals surface area contributed by atoms with E-state index in [2.05, 4.69) is 19.9 Å². The van der Waals surface area contributed by atoms with E-state index in [4.69, 9.17) is 0 Å². The van der Waals surface area contributed by atoms with Crippen LogP contribution < -0.4 is 5.43 Å². The first kappa shape index (κ1) is 9.35. The van der Waals surface area contributed by atoms with Crippen molar-refractivity contribution < 1.29 is 0 Å². The number of pyridine rings is 3. The molecule has 4 aromatic rings. The topological polar surface area (TPSA) is 74.4 Å². The molecule has 2 N–H and O–H groups in total. The van der Waals surface area contributed by atoms with E-state index in [0.717, 1.165) is 21.9 Å². The van der Waals surface area contributed by atoms with Crippen molar-refractivity contribution in [2.24, 2.45) is 0 Å². The molecule has 0 fully saturated rings. The average molecular weight is 236 g/mol. The van der Waals surface area contributed by atoms with E-state index in [-0.39, 0.29) is 5.43 Å². The summed E-state index contributed by atoms with van der Waals surface area (Å²) in [5, 5.41) is 1.51. The normalized spacial score (nSPS) is 11.6. The van der Waals surface area contributed by atoms with Crippen molar-refractivity contribution in [3.63, 3.8) is 0 Å². The first-order chi connectivity index (χ1) is 8.84. The summed E-state index contributed by atoms with van der Waals surface area (Å²) in [5.74, 6) is 0. The number of aromatic nitrogens is 4. The van der Waals surface area contributed by atoms with Gasteiger partial charge in [0.25, 0.3) is 0 Å². The minimum absolute atomic E-state index is 0.0388. The summed E-state index contributed by atoms with van der Waals surface area (Å²) >= 11 is 0. The third-order valence-electron chi connectivity index (χ3n) is 3.15. The van der Waals surface area contributed by atoms with Crippen molar-refractivity contribution in [2.45, 2.75) is 0 Å². The minimum Gasteiger partial charge on any atom is -0.352 e. The number of nitrogens with zero attached hydrogens (tertiary/aromatic N) is 2. The van der Waals surface area contributed by atoms with Gasteiger partial charge >= 0.3 is 0 Å². The fourth-order valence-corrected chi connectivity index (χ4v) is 2.29. The molecule has 4 rings (SSSR count). The lowest BCUT2D eigenvalue weighted by Crippen LogP contribution is -2.03. The van der Waals surface area contributed by atoms with Gasteiger partial charge in [0.2, 0.25) is 5.43 Å². The van der Waals surface area contributed by atoms with E-state index < -0.39 is 0 Å². The van der Waals surface area contributed by atoms with Crippen LogP contribution in [0.2, 0.25) is 0 Å². The molecule has 0 aliphatic rings. The molecule has 5 nitrogen and oxygen atoms in total. The molecule has 5 heteroatoms. The van der Waals surface area contributed by atoms with E-state index in [1.165, 1.54) is 0 Å². The molecule has 0 aliphatic heterocycles. The number of rotatable bonds is 0. The van der Waals surface area contributed by atoms with Gasteiger partial charge in [0.15, 0.2) is 0 Å². The Labute approximate surface area is 101 Å². The van der Waals surface area contributed by atoms with Crippen molar-refractivity contribution in [2.75, 3.05) is 0 Å². The molecule has 4 aromatic heterocycles. The highest BCUT2D eigenvalue weighted by atomic mass is 16.1. The van der Waals surface area contributed by atoms with E-state index in [9.17, 15) is 4.79 Å². The third-order valence-corrected chi connectivity index (χ3v) is 3.15.